The Kier molecular flexibility index (Phi) is 4.25. The summed E-state index contributed by atoms with van der Waals surface area (Å²) in [5.41, 5.74) is 0.424. The molecule has 1 N–H and O–H groups in total. The number of methoxy groups -OCH3 is 1. The van der Waals surface area contributed by atoms with Gasteiger partial charge in [0.15, 0.2) is 0 Å². The van der Waals surface area contributed by atoms with Crippen LogP contribution in [0, 0.1) is 57.7 Å². The van der Waals surface area contributed by atoms with Gasteiger partial charge in [0.05, 0.1) is 24.2 Å². The second kappa shape index (κ2) is 5.96. The Morgan fingerprint density at radius 1 is 1.04 bits per heavy atom. The lowest BCUT2D eigenvalue weighted by Gasteiger charge is -2.63. The molecule has 4 rings (SSSR count). The molecule has 25 heavy (non-hydrogen) atoms. The van der Waals surface area contributed by atoms with Crippen LogP contribution in [0.2, 0.25) is 0 Å². The van der Waals surface area contributed by atoms with Gasteiger partial charge < -0.3 is 9.84 Å². The number of rotatable bonds is 1. The van der Waals surface area contributed by atoms with E-state index >= 15 is 0 Å². The third-order valence-corrected chi connectivity index (χ3v) is 9.53. The molecule has 0 bridgehead atoms. The van der Waals surface area contributed by atoms with Crippen molar-refractivity contribution in [2.45, 2.75) is 77.9 Å². The molecule has 10 atom stereocenters. The standard InChI is InChI=1S/C22H35NO2/c1-13-16-8-6-15-17-7-5-14(12-23)22(17,3)11-19(25-4)20(15)21(16,2)10-9-18(13)24/h13-20,24H,5-11H2,1-4H3/t13-,14-,15+,16+,17+,18-,19+,20-,21+,22-/m1/s1. The first-order valence-electron chi connectivity index (χ1n) is 10.5. The second-order valence-electron chi connectivity index (χ2n) is 10.2. The molecule has 0 spiro atoms. The van der Waals surface area contributed by atoms with Gasteiger partial charge in [0.2, 0.25) is 0 Å². The fraction of sp³-hybridized carbons (Fsp3) is 0.955. The molecule has 4 fully saturated rings. The van der Waals surface area contributed by atoms with Gasteiger partial charge in [0, 0.05) is 7.11 Å². The van der Waals surface area contributed by atoms with Gasteiger partial charge >= 0.3 is 0 Å². The predicted molar refractivity (Wildman–Crippen MR) is 97.6 cm³/mol. The Bertz CT molecular complexity index is 571. The summed E-state index contributed by atoms with van der Waals surface area (Å²) in [5.74, 6) is 3.21. The quantitative estimate of drug-likeness (QED) is 0.766. The van der Waals surface area contributed by atoms with Gasteiger partial charge in [-0.1, -0.05) is 20.8 Å². The van der Waals surface area contributed by atoms with Crippen LogP contribution in [-0.2, 0) is 4.74 Å². The van der Waals surface area contributed by atoms with E-state index in [2.05, 4.69) is 26.8 Å². The zero-order chi connectivity index (χ0) is 18.0. The minimum absolute atomic E-state index is 0.126. The monoisotopic (exact) mass is 345 g/mol. The Hall–Kier alpha value is -0.590. The number of hydrogen-bond donors (Lipinski definition) is 1. The fourth-order valence-electron chi connectivity index (χ4n) is 8.24. The summed E-state index contributed by atoms with van der Waals surface area (Å²) < 4.78 is 6.13. The van der Waals surface area contributed by atoms with Crippen molar-refractivity contribution in [2.75, 3.05) is 7.11 Å². The van der Waals surface area contributed by atoms with Crippen molar-refractivity contribution in [3.8, 4) is 6.07 Å². The molecule has 0 aromatic heterocycles. The zero-order valence-corrected chi connectivity index (χ0v) is 16.4. The zero-order valence-electron chi connectivity index (χ0n) is 16.4. The third kappa shape index (κ3) is 2.29. The summed E-state index contributed by atoms with van der Waals surface area (Å²) in [4.78, 5) is 0. The molecule has 140 valence electrons. The maximum absolute atomic E-state index is 10.4. The van der Waals surface area contributed by atoms with Gasteiger partial charge in [-0.25, -0.2) is 0 Å². The van der Waals surface area contributed by atoms with Crippen molar-refractivity contribution >= 4 is 0 Å². The van der Waals surface area contributed by atoms with Gasteiger partial charge in [-0.2, -0.15) is 5.26 Å². The minimum Gasteiger partial charge on any atom is -0.393 e. The molecule has 0 aliphatic heterocycles. The van der Waals surface area contributed by atoms with Crippen LogP contribution in [-0.4, -0.2) is 24.4 Å². The summed E-state index contributed by atoms with van der Waals surface area (Å²) >= 11 is 0. The van der Waals surface area contributed by atoms with Crippen LogP contribution in [0.25, 0.3) is 0 Å². The molecular weight excluding hydrogens is 310 g/mol. The molecule has 0 radical (unpaired) electrons. The van der Waals surface area contributed by atoms with Crippen molar-refractivity contribution in [1.82, 2.24) is 0 Å². The largest absolute Gasteiger partial charge is 0.393 e. The second-order valence-corrected chi connectivity index (χ2v) is 10.2. The molecule has 3 nitrogen and oxygen atoms in total. The molecule has 0 saturated heterocycles. The first kappa shape index (κ1) is 17.8. The van der Waals surface area contributed by atoms with Gasteiger partial charge in [-0.15, -0.1) is 0 Å². The van der Waals surface area contributed by atoms with E-state index in [1.165, 1.54) is 19.3 Å². The summed E-state index contributed by atoms with van der Waals surface area (Å²) in [6, 6.07) is 2.63. The maximum atomic E-state index is 10.4. The van der Waals surface area contributed by atoms with Crippen LogP contribution < -0.4 is 0 Å². The lowest BCUT2D eigenvalue weighted by molar-refractivity contribution is -0.195. The van der Waals surface area contributed by atoms with Crippen molar-refractivity contribution in [1.29, 1.82) is 5.26 Å². The van der Waals surface area contributed by atoms with Crippen LogP contribution in [0.15, 0.2) is 0 Å². The molecule has 4 saturated carbocycles. The topological polar surface area (TPSA) is 53.2 Å². The highest BCUT2D eigenvalue weighted by molar-refractivity contribution is 5.15. The van der Waals surface area contributed by atoms with Crippen LogP contribution >= 0.6 is 0 Å². The van der Waals surface area contributed by atoms with E-state index in [1.807, 2.05) is 7.11 Å². The third-order valence-electron chi connectivity index (χ3n) is 9.53. The molecule has 0 amide bonds. The van der Waals surface area contributed by atoms with E-state index in [1.54, 1.807) is 0 Å². The Labute approximate surface area is 153 Å². The Balaban J connectivity index is 1.72. The molecule has 0 unspecified atom stereocenters. The van der Waals surface area contributed by atoms with Crippen LogP contribution in [0.3, 0.4) is 0 Å². The molecule has 4 aliphatic carbocycles. The van der Waals surface area contributed by atoms with E-state index < -0.39 is 0 Å². The van der Waals surface area contributed by atoms with Gasteiger partial charge in [-0.3, -0.25) is 0 Å². The highest BCUT2D eigenvalue weighted by Crippen LogP contribution is 2.68. The Morgan fingerprint density at radius 2 is 1.76 bits per heavy atom. The smallest absolute Gasteiger partial charge is 0.0661 e. The van der Waals surface area contributed by atoms with Crippen LogP contribution in [0.4, 0.5) is 0 Å². The van der Waals surface area contributed by atoms with Crippen molar-refractivity contribution in [3.05, 3.63) is 0 Å². The Morgan fingerprint density at radius 3 is 2.44 bits per heavy atom. The van der Waals surface area contributed by atoms with E-state index in [0.29, 0.717) is 29.6 Å². The highest BCUT2D eigenvalue weighted by Gasteiger charge is 2.64. The number of fused-ring (bicyclic) bond motifs is 5. The predicted octanol–water partition coefficient (Wildman–Crippen LogP) is 4.40. The van der Waals surface area contributed by atoms with E-state index in [0.717, 1.165) is 25.7 Å². The number of nitriles is 1. The molecule has 3 heteroatoms. The normalized spacial score (nSPS) is 57.9. The number of nitrogens with zero attached hydrogens (tertiary/aromatic N) is 1. The van der Waals surface area contributed by atoms with Gasteiger partial charge in [0.1, 0.15) is 0 Å². The van der Waals surface area contributed by atoms with E-state index in [9.17, 15) is 10.4 Å². The number of aliphatic hydroxyl groups excluding tert-OH is 1. The van der Waals surface area contributed by atoms with Gasteiger partial charge in [-0.05, 0) is 85.4 Å². The van der Waals surface area contributed by atoms with Crippen LogP contribution in [0.5, 0.6) is 0 Å². The SMILES string of the molecule is CO[C@H]1C[C@]2(C)[C@@H](C#N)CC[C@H]2[C@@H]2CC[C@H]3[C@@H](C)[C@H](O)CC[C@]3(C)[C@H]21. The average molecular weight is 346 g/mol. The number of ether oxygens (including phenoxy) is 1. The molecule has 0 aromatic rings. The van der Waals surface area contributed by atoms with Crippen molar-refractivity contribution < 1.29 is 9.84 Å². The first-order valence-corrected chi connectivity index (χ1v) is 10.5. The number of aliphatic hydroxyl groups is 1. The van der Waals surface area contributed by atoms with Crippen molar-refractivity contribution in [3.63, 3.8) is 0 Å². The summed E-state index contributed by atoms with van der Waals surface area (Å²) in [6.45, 7) is 7.15. The fourth-order valence-corrected chi connectivity index (χ4v) is 8.24. The number of hydrogen-bond acceptors (Lipinski definition) is 3. The lowest BCUT2D eigenvalue weighted by Crippen LogP contribution is -2.60. The molecule has 0 aromatic carbocycles. The molecule has 0 heterocycles. The molecular formula is C22H35NO2. The summed E-state index contributed by atoms with van der Waals surface area (Å²) in [5, 5.41) is 20.1. The van der Waals surface area contributed by atoms with E-state index in [-0.39, 0.29) is 29.0 Å². The lowest BCUT2D eigenvalue weighted by atomic mass is 9.42. The van der Waals surface area contributed by atoms with Crippen LogP contribution in [0.1, 0.15) is 65.7 Å². The van der Waals surface area contributed by atoms with Crippen molar-refractivity contribution in [2.24, 2.45) is 46.3 Å². The summed E-state index contributed by atoms with van der Waals surface area (Å²) in [6.07, 6.45) is 8.08. The minimum atomic E-state index is -0.126. The highest BCUT2D eigenvalue weighted by atomic mass is 16.5. The summed E-state index contributed by atoms with van der Waals surface area (Å²) in [7, 11) is 1.88. The van der Waals surface area contributed by atoms with E-state index in [4.69, 9.17) is 4.74 Å². The first-order chi connectivity index (χ1) is 11.9. The molecule has 4 aliphatic rings. The average Bonchev–Trinajstić information content (AvgIpc) is 2.93. The maximum Gasteiger partial charge on any atom is 0.0661 e. The van der Waals surface area contributed by atoms with Gasteiger partial charge in [0.25, 0.3) is 0 Å².